The van der Waals surface area contributed by atoms with Crippen molar-refractivity contribution in [2.45, 2.75) is 39.8 Å². The van der Waals surface area contributed by atoms with Gasteiger partial charge < -0.3 is 14.5 Å². The summed E-state index contributed by atoms with van der Waals surface area (Å²) in [6.45, 7) is 7.60. The molecule has 1 aromatic carbocycles. The third-order valence-corrected chi connectivity index (χ3v) is 5.57. The van der Waals surface area contributed by atoms with Crippen LogP contribution in [0, 0.1) is 11.2 Å². The van der Waals surface area contributed by atoms with Crippen LogP contribution in [-0.2, 0) is 11.3 Å². The minimum Gasteiger partial charge on any atom is -0.472 e. The smallest absolute Gasteiger partial charge is 0.232 e. The summed E-state index contributed by atoms with van der Waals surface area (Å²) in [6.07, 6.45) is 4.49. The number of carbonyl (C=O) groups is 1. The van der Waals surface area contributed by atoms with E-state index in [-0.39, 0.29) is 17.8 Å². The Hall–Kier alpha value is -3.48. The molecule has 0 saturated carbocycles. The van der Waals surface area contributed by atoms with Crippen molar-refractivity contribution in [3.63, 3.8) is 0 Å². The largest absolute Gasteiger partial charge is 0.472 e. The van der Waals surface area contributed by atoms with Crippen LogP contribution >= 0.6 is 0 Å². The summed E-state index contributed by atoms with van der Waals surface area (Å²) in [5.74, 6) is 1.15. The number of hydrogen-bond acceptors (Lipinski definition) is 5. The number of carbonyl (C=O) groups excluding carboxylic acids is 1. The molecule has 0 radical (unpaired) electrons. The van der Waals surface area contributed by atoms with Crippen molar-refractivity contribution in [2.75, 3.05) is 22.9 Å². The molecular formula is C26H29FN4O2. The van der Waals surface area contributed by atoms with Gasteiger partial charge in [-0.25, -0.2) is 14.4 Å². The Balaban J connectivity index is 1.44. The Bertz CT molecular complexity index is 1070. The van der Waals surface area contributed by atoms with Crippen LogP contribution in [0.3, 0.4) is 0 Å². The summed E-state index contributed by atoms with van der Waals surface area (Å²) in [7, 11) is 0. The maximum absolute atomic E-state index is 13.4. The molecule has 1 fully saturated rings. The van der Waals surface area contributed by atoms with E-state index in [1.165, 1.54) is 12.1 Å². The Morgan fingerprint density at radius 1 is 1.12 bits per heavy atom. The van der Waals surface area contributed by atoms with Gasteiger partial charge in [-0.15, -0.1) is 0 Å². The van der Waals surface area contributed by atoms with Crippen LogP contribution in [0.1, 0.15) is 32.8 Å². The first-order valence-corrected chi connectivity index (χ1v) is 11.1. The van der Waals surface area contributed by atoms with Gasteiger partial charge in [0.05, 0.1) is 13.1 Å². The number of amides is 1. The maximum atomic E-state index is 13.4. The number of aromatic nitrogens is 2. The topological polar surface area (TPSA) is 58.6 Å². The molecule has 1 saturated heterocycles. The number of hydrogen-bond donors (Lipinski definition) is 0. The predicted octanol–water partition coefficient (Wildman–Crippen LogP) is 4.85. The standard InChI is InChI=1S/C26H29FN4O2/c1-26(2,3)25(32)31(21-10-8-20(27)9-11-21)17-19-7-12-23(29-16-19)30-15-13-22(18-30)33-24-6-4-5-14-28-24/h4-12,14,16,22H,13,15,17-18H2,1-3H3. The first-order chi connectivity index (χ1) is 15.8. The van der Waals surface area contributed by atoms with Gasteiger partial charge in [0.25, 0.3) is 0 Å². The van der Waals surface area contributed by atoms with Crippen molar-refractivity contribution in [1.82, 2.24) is 9.97 Å². The van der Waals surface area contributed by atoms with Crippen molar-refractivity contribution in [1.29, 1.82) is 0 Å². The minimum atomic E-state index is -0.570. The van der Waals surface area contributed by atoms with Crippen LogP contribution in [0.15, 0.2) is 67.0 Å². The van der Waals surface area contributed by atoms with E-state index in [0.717, 1.165) is 30.9 Å². The highest BCUT2D eigenvalue weighted by molar-refractivity contribution is 5.96. The van der Waals surface area contributed by atoms with Crippen molar-refractivity contribution >= 4 is 17.4 Å². The van der Waals surface area contributed by atoms with Gasteiger partial charge in [0.2, 0.25) is 11.8 Å². The lowest BCUT2D eigenvalue weighted by atomic mass is 9.94. The molecule has 0 bridgehead atoms. The molecule has 1 amide bonds. The molecular weight excluding hydrogens is 419 g/mol. The third-order valence-electron chi connectivity index (χ3n) is 5.57. The Morgan fingerprint density at radius 3 is 2.55 bits per heavy atom. The first kappa shape index (κ1) is 22.7. The fourth-order valence-corrected chi connectivity index (χ4v) is 3.81. The van der Waals surface area contributed by atoms with Gasteiger partial charge in [-0.1, -0.05) is 32.9 Å². The highest BCUT2D eigenvalue weighted by atomic mass is 19.1. The van der Waals surface area contributed by atoms with Crippen LogP contribution in [0.4, 0.5) is 15.9 Å². The zero-order valence-electron chi connectivity index (χ0n) is 19.2. The fraction of sp³-hybridized carbons (Fsp3) is 0.346. The normalized spacial score (nSPS) is 16.0. The zero-order valence-corrected chi connectivity index (χ0v) is 19.2. The number of halogens is 1. The van der Waals surface area contributed by atoms with Crippen molar-refractivity contribution < 1.29 is 13.9 Å². The fourth-order valence-electron chi connectivity index (χ4n) is 3.81. The van der Waals surface area contributed by atoms with E-state index >= 15 is 0 Å². The van der Waals surface area contributed by atoms with E-state index in [9.17, 15) is 9.18 Å². The molecule has 0 N–H and O–H groups in total. The lowest BCUT2D eigenvalue weighted by Gasteiger charge is -2.30. The van der Waals surface area contributed by atoms with E-state index in [1.54, 1.807) is 29.4 Å². The molecule has 172 valence electrons. The summed E-state index contributed by atoms with van der Waals surface area (Å²) in [4.78, 5) is 25.8. The number of benzene rings is 1. The summed E-state index contributed by atoms with van der Waals surface area (Å²) < 4.78 is 19.4. The quantitative estimate of drug-likeness (QED) is 0.539. The van der Waals surface area contributed by atoms with Crippen molar-refractivity contribution in [3.05, 3.63) is 78.4 Å². The van der Waals surface area contributed by atoms with E-state index in [4.69, 9.17) is 4.74 Å². The second kappa shape index (κ2) is 9.57. The average molecular weight is 449 g/mol. The SMILES string of the molecule is CC(C)(C)C(=O)N(Cc1ccc(N2CCC(Oc3ccccn3)C2)nc1)c1ccc(F)cc1. The summed E-state index contributed by atoms with van der Waals surface area (Å²) in [6, 6.07) is 15.6. The molecule has 0 aliphatic carbocycles. The Labute approximate surface area is 194 Å². The van der Waals surface area contributed by atoms with Gasteiger partial charge in [0.1, 0.15) is 17.7 Å². The van der Waals surface area contributed by atoms with E-state index in [0.29, 0.717) is 18.1 Å². The van der Waals surface area contributed by atoms with Gasteiger partial charge >= 0.3 is 0 Å². The zero-order chi connectivity index (χ0) is 23.4. The van der Waals surface area contributed by atoms with E-state index < -0.39 is 5.41 Å². The van der Waals surface area contributed by atoms with Gasteiger partial charge in [0.15, 0.2) is 0 Å². The van der Waals surface area contributed by atoms with E-state index in [1.807, 2.05) is 51.1 Å². The molecule has 1 aliphatic rings. The van der Waals surface area contributed by atoms with Gasteiger partial charge in [0, 0.05) is 42.5 Å². The lowest BCUT2D eigenvalue weighted by Crippen LogP contribution is -2.39. The number of rotatable bonds is 6. The molecule has 0 spiro atoms. The lowest BCUT2D eigenvalue weighted by molar-refractivity contribution is -0.125. The predicted molar refractivity (Wildman–Crippen MR) is 127 cm³/mol. The van der Waals surface area contributed by atoms with Crippen LogP contribution < -0.4 is 14.5 Å². The molecule has 6 nitrogen and oxygen atoms in total. The van der Waals surface area contributed by atoms with Crippen LogP contribution in [0.25, 0.3) is 0 Å². The van der Waals surface area contributed by atoms with Crippen LogP contribution in [0.5, 0.6) is 5.88 Å². The molecule has 1 aliphatic heterocycles. The van der Waals surface area contributed by atoms with Gasteiger partial charge in [-0.3, -0.25) is 4.79 Å². The molecule has 7 heteroatoms. The van der Waals surface area contributed by atoms with E-state index in [2.05, 4.69) is 14.9 Å². The summed E-state index contributed by atoms with van der Waals surface area (Å²) in [5, 5.41) is 0. The second-order valence-corrected chi connectivity index (χ2v) is 9.28. The number of ether oxygens (including phenoxy) is 1. The van der Waals surface area contributed by atoms with Crippen LogP contribution in [-0.4, -0.2) is 35.1 Å². The molecule has 4 rings (SSSR count). The maximum Gasteiger partial charge on any atom is 0.232 e. The molecule has 2 aromatic heterocycles. The molecule has 1 atom stereocenters. The molecule has 3 aromatic rings. The second-order valence-electron chi connectivity index (χ2n) is 9.28. The number of nitrogens with zero attached hydrogens (tertiary/aromatic N) is 4. The Morgan fingerprint density at radius 2 is 1.91 bits per heavy atom. The third kappa shape index (κ3) is 5.66. The highest BCUT2D eigenvalue weighted by Crippen LogP contribution is 2.26. The molecule has 1 unspecified atom stereocenters. The average Bonchev–Trinajstić information content (AvgIpc) is 3.26. The van der Waals surface area contributed by atoms with Crippen molar-refractivity contribution in [3.8, 4) is 5.88 Å². The van der Waals surface area contributed by atoms with Crippen molar-refractivity contribution in [2.24, 2.45) is 5.41 Å². The van der Waals surface area contributed by atoms with Crippen LogP contribution in [0.2, 0.25) is 0 Å². The summed E-state index contributed by atoms with van der Waals surface area (Å²) in [5.41, 5.74) is 0.996. The molecule has 33 heavy (non-hydrogen) atoms. The Kier molecular flexibility index (Phi) is 6.58. The number of pyridine rings is 2. The number of anilines is 2. The monoisotopic (exact) mass is 448 g/mol. The summed E-state index contributed by atoms with van der Waals surface area (Å²) >= 11 is 0. The highest BCUT2D eigenvalue weighted by Gasteiger charge is 2.29. The van der Waals surface area contributed by atoms with Gasteiger partial charge in [-0.2, -0.15) is 0 Å². The van der Waals surface area contributed by atoms with Gasteiger partial charge in [-0.05, 0) is 42.0 Å². The molecule has 3 heterocycles. The minimum absolute atomic E-state index is 0.0350. The first-order valence-electron chi connectivity index (χ1n) is 11.1.